The van der Waals surface area contributed by atoms with Crippen LogP contribution in [-0.2, 0) is 11.8 Å². The Bertz CT molecular complexity index is 1020. The highest BCUT2D eigenvalue weighted by Crippen LogP contribution is 2.48. The van der Waals surface area contributed by atoms with Crippen LogP contribution >= 0.6 is 0 Å². The third kappa shape index (κ3) is 2.64. The van der Waals surface area contributed by atoms with Crippen molar-refractivity contribution in [3.8, 4) is 11.3 Å². The van der Waals surface area contributed by atoms with Crippen molar-refractivity contribution in [2.24, 2.45) is 0 Å². The topological polar surface area (TPSA) is 3.88 Å². The van der Waals surface area contributed by atoms with E-state index in [0.29, 0.717) is 6.04 Å². The maximum absolute atomic E-state index is 4.29. The molecule has 2 atom stereocenters. The van der Waals surface area contributed by atoms with Crippen LogP contribution in [0.5, 0.6) is 0 Å². The minimum atomic E-state index is -0.0174. The van der Waals surface area contributed by atoms with Gasteiger partial charge in [-0.15, -0.1) is 6.58 Å². The first-order valence-electron chi connectivity index (χ1n) is 10.9. The van der Waals surface area contributed by atoms with Crippen molar-refractivity contribution < 1.29 is 4.57 Å². The van der Waals surface area contributed by atoms with E-state index < -0.39 is 0 Å². The molecule has 1 heteroatoms. The van der Waals surface area contributed by atoms with E-state index in [1.165, 1.54) is 46.0 Å². The number of rotatable bonds is 6. The number of pyridine rings is 1. The Balaban J connectivity index is 2.06. The molecule has 4 rings (SSSR count). The molecular formula is C27H32N+. The third-order valence-electron chi connectivity index (χ3n) is 6.86. The molecule has 0 saturated heterocycles. The van der Waals surface area contributed by atoms with E-state index in [2.05, 4.69) is 92.7 Å². The summed E-state index contributed by atoms with van der Waals surface area (Å²) in [7, 11) is 0. The first-order valence-corrected chi connectivity index (χ1v) is 10.9. The van der Waals surface area contributed by atoms with E-state index in [4.69, 9.17) is 0 Å². The minimum absolute atomic E-state index is 0.0174. The number of nitrogens with zero attached hydrogens (tertiary/aromatic N) is 1. The number of allylic oxidation sites excluding steroid dienone is 1. The first kappa shape index (κ1) is 18.9. The summed E-state index contributed by atoms with van der Waals surface area (Å²) in [6.07, 6.45) is 10.3. The van der Waals surface area contributed by atoms with Gasteiger partial charge < -0.3 is 0 Å². The summed E-state index contributed by atoms with van der Waals surface area (Å²) < 4.78 is 2.54. The molecule has 0 fully saturated rings. The fourth-order valence-corrected chi connectivity index (χ4v) is 5.41. The van der Waals surface area contributed by atoms with E-state index >= 15 is 0 Å². The van der Waals surface area contributed by atoms with Crippen LogP contribution in [0.15, 0.2) is 67.4 Å². The van der Waals surface area contributed by atoms with E-state index in [9.17, 15) is 0 Å². The van der Waals surface area contributed by atoms with Gasteiger partial charge in [-0.2, -0.15) is 4.57 Å². The molecule has 0 N–H and O–H groups in total. The molecule has 0 saturated carbocycles. The van der Waals surface area contributed by atoms with Gasteiger partial charge in [0.2, 0.25) is 5.69 Å². The summed E-state index contributed by atoms with van der Waals surface area (Å²) in [4.78, 5) is 0. The largest absolute Gasteiger partial charge is 0.220 e. The summed E-state index contributed by atoms with van der Waals surface area (Å²) in [5.74, 6) is 0. The predicted molar refractivity (Wildman–Crippen MR) is 120 cm³/mol. The second kappa shape index (κ2) is 7.54. The first-order chi connectivity index (χ1) is 13.7. The van der Waals surface area contributed by atoms with Crippen LogP contribution < -0.4 is 4.57 Å². The van der Waals surface area contributed by atoms with Crippen molar-refractivity contribution in [3.05, 3.63) is 78.5 Å². The number of hydrogen-bond acceptors (Lipinski definition) is 0. The van der Waals surface area contributed by atoms with Gasteiger partial charge in [-0.05, 0) is 47.9 Å². The molecular weight excluding hydrogens is 338 g/mol. The molecule has 3 aromatic rings. The van der Waals surface area contributed by atoms with Crippen molar-refractivity contribution >= 4 is 10.8 Å². The summed E-state index contributed by atoms with van der Waals surface area (Å²) in [6, 6.07) is 18.6. The maximum atomic E-state index is 4.29. The van der Waals surface area contributed by atoms with Crippen molar-refractivity contribution in [2.75, 3.05) is 0 Å². The molecule has 1 aliphatic heterocycles. The number of hydrogen-bond donors (Lipinski definition) is 0. The molecule has 1 aromatic heterocycles. The molecule has 0 spiro atoms. The fourth-order valence-electron chi connectivity index (χ4n) is 5.41. The molecule has 0 bridgehead atoms. The predicted octanol–water partition coefficient (Wildman–Crippen LogP) is 6.94. The Morgan fingerprint density at radius 3 is 2.54 bits per heavy atom. The van der Waals surface area contributed by atoms with Gasteiger partial charge in [-0.1, -0.05) is 63.6 Å². The Hall–Kier alpha value is -2.41. The zero-order valence-electron chi connectivity index (χ0n) is 17.5. The second-order valence-electron chi connectivity index (χ2n) is 8.12. The smallest absolute Gasteiger partial charge is 0.194 e. The summed E-state index contributed by atoms with van der Waals surface area (Å²) in [5.41, 5.74) is 5.64. The summed E-state index contributed by atoms with van der Waals surface area (Å²) >= 11 is 0. The standard InChI is InChI=1S/C27H32N/c1-5-9-13-20-14-12-16-22-21(20)18-19-28-25(6-2)27(7-3,8-4)24-17-11-10-15-23(24)26(22)28/h7,10-12,14-19,25H,3,5-6,8-9,13H2,1-2,4H3/q+1. The second-order valence-corrected chi connectivity index (χ2v) is 8.12. The lowest BCUT2D eigenvalue weighted by Crippen LogP contribution is -2.54. The van der Waals surface area contributed by atoms with Crippen LogP contribution in [0.4, 0.5) is 0 Å². The van der Waals surface area contributed by atoms with Crippen LogP contribution in [0.25, 0.3) is 22.0 Å². The van der Waals surface area contributed by atoms with Gasteiger partial charge in [0.15, 0.2) is 12.2 Å². The Morgan fingerprint density at radius 2 is 1.82 bits per heavy atom. The van der Waals surface area contributed by atoms with Crippen LogP contribution in [0.2, 0.25) is 0 Å². The highest BCUT2D eigenvalue weighted by atomic mass is 15.0. The molecule has 0 radical (unpaired) electrons. The molecule has 2 aromatic carbocycles. The molecule has 1 aliphatic rings. The molecule has 0 aliphatic carbocycles. The van der Waals surface area contributed by atoms with Gasteiger partial charge in [0.25, 0.3) is 0 Å². The van der Waals surface area contributed by atoms with Gasteiger partial charge >= 0.3 is 0 Å². The Morgan fingerprint density at radius 1 is 1.00 bits per heavy atom. The number of aromatic nitrogens is 1. The molecule has 2 heterocycles. The minimum Gasteiger partial charge on any atom is -0.194 e. The normalized spacial score (nSPS) is 20.6. The summed E-state index contributed by atoms with van der Waals surface area (Å²) in [6.45, 7) is 11.2. The van der Waals surface area contributed by atoms with Gasteiger partial charge in [-0.3, -0.25) is 0 Å². The highest BCUT2D eigenvalue weighted by molar-refractivity contribution is 5.96. The van der Waals surface area contributed by atoms with Crippen LogP contribution in [0.1, 0.15) is 63.6 Å². The van der Waals surface area contributed by atoms with Crippen LogP contribution in [0, 0.1) is 0 Å². The Labute approximate surface area is 169 Å². The van der Waals surface area contributed by atoms with E-state index in [1.54, 1.807) is 0 Å². The van der Waals surface area contributed by atoms with E-state index in [-0.39, 0.29) is 5.41 Å². The van der Waals surface area contributed by atoms with Crippen LogP contribution in [-0.4, -0.2) is 0 Å². The van der Waals surface area contributed by atoms with Gasteiger partial charge in [-0.25, -0.2) is 0 Å². The zero-order valence-corrected chi connectivity index (χ0v) is 17.5. The molecule has 28 heavy (non-hydrogen) atoms. The molecule has 1 nitrogen and oxygen atoms in total. The van der Waals surface area contributed by atoms with Crippen molar-refractivity contribution in [3.63, 3.8) is 0 Å². The van der Waals surface area contributed by atoms with E-state index in [1.807, 2.05) is 0 Å². The third-order valence-corrected chi connectivity index (χ3v) is 6.86. The number of fused-ring (bicyclic) bond motifs is 5. The number of unbranched alkanes of at least 4 members (excludes halogenated alkanes) is 1. The molecule has 2 unspecified atom stereocenters. The number of aryl methyl sites for hydroxylation is 1. The lowest BCUT2D eigenvalue weighted by atomic mass is 9.66. The lowest BCUT2D eigenvalue weighted by Gasteiger charge is -2.39. The maximum Gasteiger partial charge on any atom is 0.220 e. The quantitative estimate of drug-likeness (QED) is 0.327. The van der Waals surface area contributed by atoms with Crippen molar-refractivity contribution in [2.45, 2.75) is 64.3 Å². The fraction of sp³-hybridized carbons (Fsp3) is 0.370. The monoisotopic (exact) mass is 370 g/mol. The summed E-state index contributed by atoms with van der Waals surface area (Å²) in [5, 5.41) is 2.80. The lowest BCUT2D eigenvalue weighted by molar-refractivity contribution is -0.722. The van der Waals surface area contributed by atoms with Crippen LogP contribution in [0.3, 0.4) is 0 Å². The molecule has 0 amide bonds. The van der Waals surface area contributed by atoms with Crippen molar-refractivity contribution in [1.29, 1.82) is 0 Å². The average molecular weight is 371 g/mol. The SMILES string of the molecule is C=CC1(CC)c2ccccc2-c2c3cccc(CCCC)c3cc[n+]2C1CC. The van der Waals surface area contributed by atoms with Gasteiger partial charge in [0, 0.05) is 12.5 Å². The van der Waals surface area contributed by atoms with Gasteiger partial charge in [0.05, 0.1) is 16.4 Å². The number of benzene rings is 2. The van der Waals surface area contributed by atoms with Crippen molar-refractivity contribution in [1.82, 2.24) is 0 Å². The van der Waals surface area contributed by atoms with Gasteiger partial charge in [0.1, 0.15) is 0 Å². The Kier molecular flexibility index (Phi) is 5.10. The average Bonchev–Trinajstić information content (AvgIpc) is 2.76. The zero-order chi connectivity index (χ0) is 19.7. The van der Waals surface area contributed by atoms with E-state index in [0.717, 1.165) is 19.3 Å². The highest BCUT2D eigenvalue weighted by Gasteiger charge is 2.48. The molecule has 144 valence electrons.